The van der Waals surface area contributed by atoms with Gasteiger partial charge in [0.25, 0.3) is 0 Å². The molecule has 0 saturated carbocycles. The number of benzene rings is 1. The van der Waals surface area contributed by atoms with Crippen molar-refractivity contribution < 1.29 is 18.9 Å². The van der Waals surface area contributed by atoms with Crippen molar-refractivity contribution in [3.05, 3.63) is 23.8 Å². The summed E-state index contributed by atoms with van der Waals surface area (Å²) < 4.78 is 20.9. The van der Waals surface area contributed by atoms with Crippen LogP contribution < -0.4 is 14.8 Å². The molecule has 0 aliphatic rings. The molecule has 20 heavy (non-hydrogen) atoms. The van der Waals surface area contributed by atoms with Crippen LogP contribution in [0.15, 0.2) is 18.2 Å². The number of nitrogens with one attached hydrogen (secondary N) is 1. The zero-order chi connectivity index (χ0) is 14.6. The summed E-state index contributed by atoms with van der Waals surface area (Å²) in [5.41, 5.74) is 1.17. The fourth-order valence-corrected chi connectivity index (χ4v) is 1.75. The van der Waals surface area contributed by atoms with Gasteiger partial charge in [0.05, 0.1) is 13.7 Å². The maximum absolute atomic E-state index is 5.59. The summed E-state index contributed by atoms with van der Waals surface area (Å²) in [6.07, 6.45) is 1.01. The molecule has 1 rings (SSSR count). The van der Waals surface area contributed by atoms with Gasteiger partial charge in [-0.15, -0.1) is 0 Å². The quantitative estimate of drug-likeness (QED) is 0.628. The maximum Gasteiger partial charge on any atom is 0.161 e. The molecule has 0 aliphatic heterocycles. The monoisotopic (exact) mass is 283 g/mol. The second-order valence-electron chi connectivity index (χ2n) is 4.35. The summed E-state index contributed by atoms with van der Waals surface area (Å²) in [5.74, 6) is 1.49. The molecule has 5 nitrogen and oxygen atoms in total. The zero-order valence-corrected chi connectivity index (χ0v) is 12.6. The predicted molar refractivity (Wildman–Crippen MR) is 78.6 cm³/mol. The Bertz CT molecular complexity index is 371. The lowest BCUT2D eigenvalue weighted by Crippen LogP contribution is -2.16. The Morgan fingerprint density at radius 1 is 0.950 bits per heavy atom. The van der Waals surface area contributed by atoms with Crippen molar-refractivity contribution in [1.82, 2.24) is 5.32 Å². The van der Waals surface area contributed by atoms with Crippen LogP contribution in [0.5, 0.6) is 11.5 Å². The van der Waals surface area contributed by atoms with Crippen molar-refractivity contribution in [3.63, 3.8) is 0 Å². The van der Waals surface area contributed by atoms with Crippen LogP contribution in [-0.2, 0) is 16.0 Å². The van der Waals surface area contributed by atoms with E-state index in [0.717, 1.165) is 37.6 Å². The average molecular weight is 283 g/mol. The summed E-state index contributed by atoms with van der Waals surface area (Å²) in [4.78, 5) is 0. The van der Waals surface area contributed by atoms with Gasteiger partial charge in [0.15, 0.2) is 11.5 Å². The van der Waals surface area contributed by atoms with Crippen LogP contribution in [0.2, 0.25) is 0 Å². The summed E-state index contributed by atoms with van der Waals surface area (Å²) in [7, 11) is 5.01. The van der Waals surface area contributed by atoms with Gasteiger partial charge in [0.2, 0.25) is 0 Å². The van der Waals surface area contributed by atoms with Gasteiger partial charge in [0.1, 0.15) is 6.61 Å². The van der Waals surface area contributed by atoms with Crippen LogP contribution in [0.4, 0.5) is 0 Å². The maximum atomic E-state index is 5.59. The molecule has 0 atom stereocenters. The van der Waals surface area contributed by atoms with E-state index in [1.807, 2.05) is 18.2 Å². The van der Waals surface area contributed by atoms with Crippen molar-refractivity contribution >= 4 is 0 Å². The van der Waals surface area contributed by atoms with Gasteiger partial charge in [-0.25, -0.2) is 0 Å². The van der Waals surface area contributed by atoms with Gasteiger partial charge >= 0.3 is 0 Å². The predicted octanol–water partition coefficient (Wildman–Crippen LogP) is 1.85. The molecule has 0 amide bonds. The molecule has 1 aromatic carbocycles. The largest absolute Gasteiger partial charge is 0.493 e. The smallest absolute Gasteiger partial charge is 0.161 e. The van der Waals surface area contributed by atoms with E-state index in [0.29, 0.717) is 13.2 Å². The Labute approximate surface area is 121 Å². The van der Waals surface area contributed by atoms with Gasteiger partial charge in [-0.1, -0.05) is 6.07 Å². The molecule has 1 N–H and O–H groups in total. The summed E-state index contributed by atoms with van der Waals surface area (Å²) in [6.45, 7) is 3.59. The first-order chi connectivity index (χ1) is 9.81. The van der Waals surface area contributed by atoms with Crippen LogP contribution in [0.25, 0.3) is 0 Å². The van der Waals surface area contributed by atoms with Gasteiger partial charge in [-0.3, -0.25) is 0 Å². The molecule has 0 unspecified atom stereocenters. The summed E-state index contributed by atoms with van der Waals surface area (Å²) in [5, 5.41) is 3.36. The Morgan fingerprint density at radius 3 is 2.45 bits per heavy atom. The average Bonchev–Trinajstić information content (AvgIpc) is 2.48. The highest BCUT2D eigenvalue weighted by Crippen LogP contribution is 2.27. The fraction of sp³-hybridized carbons (Fsp3) is 0.600. The number of methoxy groups -OCH3 is 3. The van der Waals surface area contributed by atoms with E-state index >= 15 is 0 Å². The first-order valence-corrected chi connectivity index (χ1v) is 6.80. The highest BCUT2D eigenvalue weighted by Gasteiger charge is 2.05. The normalized spacial score (nSPS) is 10.6. The van der Waals surface area contributed by atoms with Crippen LogP contribution in [-0.4, -0.2) is 47.7 Å². The lowest BCUT2D eigenvalue weighted by atomic mass is 10.2. The molecule has 0 saturated heterocycles. The van der Waals surface area contributed by atoms with Crippen LogP contribution in [0.3, 0.4) is 0 Å². The molecule has 5 heteroatoms. The Balaban J connectivity index is 2.45. The van der Waals surface area contributed by atoms with E-state index < -0.39 is 0 Å². The Morgan fingerprint density at radius 2 is 1.75 bits per heavy atom. The van der Waals surface area contributed by atoms with Crippen molar-refractivity contribution in [2.75, 3.05) is 47.7 Å². The van der Waals surface area contributed by atoms with E-state index in [9.17, 15) is 0 Å². The van der Waals surface area contributed by atoms with Gasteiger partial charge in [-0.05, 0) is 30.7 Å². The Kier molecular flexibility index (Phi) is 8.78. The van der Waals surface area contributed by atoms with Crippen molar-refractivity contribution in [3.8, 4) is 11.5 Å². The third-order valence-electron chi connectivity index (χ3n) is 2.80. The van der Waals surface area contributed by atoms with E-state index in [1.165, 1.54) is 5.56 Å². The van der Waals surface area contributed by atoms with Crippen molar-refractivity contribution in [2.24, 2.45) is 0 Å². The number of hydrogen-bond donors (Lipinski definition) is 1. The standard InChI is InChI=1S/C15H25NO4/c1-17-8-4-7-16-12-13-5-6-14(15(11-13)19-3)20-10-9-18-2/h5-6,11,16H,4,7-10,12H2,1-3H3. The minimum Gasteiger partial charge on any atom is -0.493 e. The Hall–Kier alpha value is -1.30. The first-order valence-electron chi connectivity index (χ1n) is 6.80. The molecule has 114 valence electrons. The lowest BCUT2D eigenvalue weighted by Gasteiger charge is -2.12. The van der Waals surface area contributed by atoms with Gasteiger partial charge < -0.3 is 24.3 Å². The summed E-state index contributed by atoms with van der Waals surface area (Å²) in [6, 6.07) is 5.96. The number of hydrogen-bond acceptors (Lipinski definition) is 5. The zero-order valence-electron chi connectivity index (χ0n) is 12.6. The van der Waals surface area contributed by atoms with Crippen LogP contribution in [0.1, 0.15) is 12.0 Å². The first kappa shape index (κ1) is 16.8. The SMILES string of the molecule is COCCCNCc1ccc(OCCOC)c(OC)c1. The second kappa shape index (κ2) is 10.5. The lowest BCUT2D eigenvalue weighted by molar-refractivity contribution is 0.144. The molecule has 0 bridgehead atoms. The van der Waals surface area contributed by atoms with Crippen LogP contribution >= 0.6 is 0 Å². The van der Waals surface area contributed by atoms with Gasteiger partial charge in [0, 0.05) is 27.4 Å². The van der Waals surface area contributed by atoms with E-state index in [2.05, 4.69) is 5.32 Å². The second-order valence-corrected chi connectivity index (χ2v) is 4.35. The molecular weight excluding hydrogens is 258 g/mol. The summed E-state index contributed by atoms with van der Waals surface area (Å²) >= 11 is 0. The number of ether oxygens (including phenoxy) is 4. The molecule has 0 radical (unpaired) electrons. The highest BCUT2D eigenvalue weighted by molar-refractivity contribution is 5.42. The highest BCUT2D eigenvalue weighted by atomic mass is 16.5. The van der Waals surface area contributed by atoms with Crippen molar-refractivity contribution in [1.29, 1.82) is 0 Å². The molecule has 0 aromatic heterocycles. The topological polar surface area (TPSA) is 49.0 Å². The molecular formula is C15H25NO4. The molecule has 1 aromatic rings. The molecule has 0 aliphatic carbocycles. The van der Waals surface area contributed by atoms with Crippen LogP contribution in [0, 0.1) is 0 Å². The van der Waals surface area contributed by atoms with E-state index in [1.54, 1.807) is 21.3 Å². The molecule has 0 spiro atoms. The van der Waals surface area contributed by atoms with E-state index in [-0.39, 0.29) is 0 Å². The van der Waals surface area contributed by atoms with E-state index in [4.69, 9.17) is 18.9 Å². The minimum atomic E-state index is 0.515. The third kappa shape index (κ3) is 6.23. The minimum absolute atomic E-state index is 0.515. The van der Waals surface area contributed by atoms with Gasteiger partial charge in [-0.2, -0.15) is 0 Å². The number of rotatable bonds is 11. The molecule has 0 heterocycles. The molecule has 0 fully saturated rings. The van der Waals surface area contributed by atoms with Crippen molar-refractivity contribution in [2.45, 2.75) is 13.0 Å². The fourth-order valence-electron chi connectivity index (χ4n) is 1.75. The third-order valence-corrected chi connectivity index (χ3v) is 2.80.